The number of rotatable bonds is 6. The molecule has 0 spiro atoms. The van der Waals surface area contributed by atoms with Crippen molar-refractivity contribution in [2.45, 2.75) is 19.4 Å². The van der Waals surface area contributed by atoms with Gasteiger partial charge in [0.2, 0.25) is 5.91 Å². The SMILES string of the molecule is CCN(CC(=O)N[C@H]1CCS(=O)(=O)C1)c1ccc([N+](=O)[O-])cc1C#N. The predicted molar refractivity (Wildman–Crippen MR) is 90.9 cm³/mol. The third-order valence-electron chi connectivity index (χ3n) is 3.97. The summed E-state index contributed by atoms with van der Waals surface area (Å²) in [5.41, 5.74) is 0.328. The van der Waals surface area contributed by atoms with Crippen LogP contribution in [0.4, 0.5) is 11.4 Å². The third kappa shape index (κ3) is 4.67. The molecule has 134 valence electrons. The maximum atomic E-state index is 12.2. The van der Waals surface area contributed by atoms with Crippen LogP contribution in [0, 0.1) is 21.4 Å². The molecule has 1 amide bonds. The Morgan fingerprint density at radius 1 is 1.52 bits per heavy atom. The first-order chi connectivity index (χ1) is 11.8. The summed E-state index contributed by atoms with van der Waals surface area (Å²) in [6.07, 6.45) is 0.390. The Labute approximate surface area is 145 Å². The zero-order valence-corrected chi connectivity index (χ0v) is 14.5. The highest BCUT2D eigenvalue weighted by Gasteiger charge is 2.29. The number of benzene rings is 1. The molecule has 0 aromatic heterocycles. The van der Waals surface area contributed by atoms with Gasteiger partial charge in [0.15, 0.2) is 9.84 Å². The molecule has 1 aliphatic heterocycles. The Morgan fingerprint density at radius 2 is 2.24 bits per heavy atom. The number of likely N-dealkylation sites (N-methyl/N-ethyl adjacent to an activating group) is 1. The number of hydrogen-bond donors (Lipinski definition) is 1. The van der Waals surface area contributed by atoms with E-state index in [0.29, 0.717) is 18.7 Å². The fraction of sp³-hybridized carbons (Fsp3) is 0.467. The largest absolute Gasteiger partial charge is 0.361 e. The first kappa shape index (κ1) is 18.7. The Balaban J connectivity index is 2.11. The van der Waals surface area contributed by atoms with Crippen LogP contribution in [0.2, 0.25) is 0 Å². The van der Waals surface area contributed by atoms with E-state index in [0.717, 1.165) is 0 Å². The molecule has 10 heteroatoms. The van der Waals surface area contributed by atoms with Crippen molar-refractivity contribution in [3.63, 3.8) is 0 Å². The summed E-state index contributed by atoms with van der Waals surface area (Å²) in [6.45, 7) is 2.12. The van der Waals surface area contributed by atoms with E-state index in [-0.39, 0.29) is 35.2 Å². The number of sulfone groups is 1. The number of nitriles is 1. The summed E-state index contributed by atoms with van der Waals surface area (Å²) < 4.78 is 22.9. The van der Waals surface area contributed by atoms with Crippen molar-refractivity contribution in [1.82, 2.24) is 5.32 Å². The van der Waals surface area contributed by atoms with E-state index in [1.807, 2.05) is 6.07 Å². The number of nitro groups is 1. The van der Waals surface area contributed by atoms with Crippen molar-refractivity contribution >= 4 is 27.1 Å². The van der Waals surface area contributed by atoms with Gasteiger partial charge in [-0.25, -0.2) is 8.42 Å². The van der Waals surface area contributed by atoms with Crippen LogP contribution in [-0.4, -0.2) is 49.9 Å². The Bertz CT molecular complexity index is 831. The van der Waals surface area contributed by atoms with Crippen LogP contribution >= 0.6 is 0 Å². The minimum Gasteiger partial charge on any atom is -0.361 e. The van der Waals surface area contributed by atoms with Gasteiger partial charge in [0.25, 0.3) is 5.69 Å². The molecule has 1 saturated heterocycles. The fourth-order valence-electron chi connectivity index (χ4n) is 2.73. The molecule has 0 saturated carbocycles. The smallest absolute Gasteiger partial charge is 0.270 e. The zero-order valence-electron chi connectivity index (χ0n) is 13.6. The number of nitro benzene ring substituents is 1. The number of carbonyl (C=O) groups excluding carboxylic acids is 1. The van der Waals surface area contributed by atoms with E-state index < -0.39 is 20.8 Å². The van der Waals surface area contributed by atoms with Gasteiger partial charge in [0, 0.05) is 24.7 Å². The molecule has 1 aliphatic rings. The molecule has 0 unspecified atom stereocenters. The van der Waals surface area contributed by atoms with Gasteiger partial charge in [-0.3, -0.25) is 14.9 Å². The quantitative estimate of drug-likeness (QED) is 0.575. The van der Waals surface area contributed by atoms with E-state index in [1.165, 1.54) is 18.2 Å². The van der Waals surface area contributed by atoms with Crippen molar-refractivity contribution < 1.29 is 18.1 Å². The van der Waals surface area contributed by atoms with Gasteiger partial charge in [0.1, 0.15) is 6.07 Å². The average Bonchev–Trinajstić information content (AvgIpc) is 2.90. The Morgan fingerprint density at radius 3 is 2.76 bits per heavy atom. The number of anilines is 1. The van der Waals surface area contributed by atoms with Crippen molar-refractivity contribution in [2.24, 2.45) is 0 Å². The molecule has 1 aromatic rings. The second-order valence-corrected chi connectivity index (χ2v) is 7.98. The lowest BCUT2D eigenvalue weighted by atomic mass is 10.1. The molecule has 1 aromatic carbocycles. The van der Waals surface area contributed by atoms with Gasteiger partial charge in [0.05, 0.1) is 34.2 Å². The summed E-state index contributed by atoms with van der Waals surface area (Å²) in [4.78, 5) is 24.0. The summed E-state index contributed by atoms with van der Waals surface area (Å²) in [6, 6.07) is 5.39. The van der Waals surface area contributed by atoms with Gasteiger partial charge < -0.3 is 10.2 Å². The number of carbonyl (C=O) groups is 1. The molecule has 0 bridgehead atoms. The molecule has 25 heavy (non-hydrogen) atoms. The van der Waals surface area contributed by atoms with Crippen LogP contribution in [0.1, 0.15) is 18.9 Å². The van der Waals surface area contributed by atoms with Gasteiger partial charge in [-0.05, 0) is 19.4 Å². The van der Waals surface area contributed by atoms with Crippen molar-refractivity contribution in [3.8, 4) is 6.07 Å². The average molecular weight is 366 g/mol. The number of nitrogens with zero attached hydrogens (tertiary/aromatic N) is 3. The van der Waals surface area contributed by atoms with Crippen LogP contribution < -0.4 is 10.2 Å². The molecule has 1 fully saturated rings. The summed E-state index contributed by atoms with van der Waals surface area (Å²) >= 11 is 0. The molecular formula is C15H18N4O5S. The van der Waals surface area contributed by atoms with Crippen molar-refractivity contribution in [3.05, 3.63) is 33.9 Å². The van der Waals surface area contributed by atoms with Gasteiger partial charge in [-0.2, -0.15) is 5.26 Å². The monoisotopic (exact) mass is 366 g/mol. The fourth-order valence-corrected chi connectivity index (χ4v) is 4.40. The van der Waals surface area contributed by atoms with Gasteiger partial charge in [-0.15, -0.1) is 0 Å². The van der Waals surface area contributed by atoms with Crippen LogP contribution in [0.5, 0.6) is 0 Å². The number of non-ortho nitro benzene ring substituents is 1. The first-order valence-corrected chi connectivity index (χ1v) is 9.51. The maximum Gasteiger partial charge on any atom is 0.270 e. The van der Waals surface area contributed by atoms with Crippen LogP contribution in [-0.2, 0) is 14.6 Å². The predicted octanol–water partition coefficient (Wildman–Crippen LogP) is 0.596. The molecule has 1 heterocycles. The minimum absolute atomic E-state index is 0.0636. The van der Waals surface area contributed by atoms with Gasteiger partial charge >= 0.3 is 0 Å². The van der Waals surface area contributed by atoms with E-state index in [9.17, 15) is 28.6 Å². The normalized spacial score (nSPS) is 18.3. The first-order valence-electron chi connectivity index (χ1n) is 7.69. The van der Waals surface area contributed by atoms with Crippen LogP contribution in [0.25, 0.3) is 0 Å². The van der Waals surface area contributed by atoms with Gasteiger partial charge in [-0.1, -0.05) is 0 Å². The highest BCUT2D eigenvalue weighted by molar-refractivity contribution is 7.91. The Hall–Kier alpha value is -2.67. The lowest BCUT2D eigenvalue weighted by molar-refractivity contribution is -0.384. The third-order valence-corrected chi connectivity index (χ3v) is 5.73. The number of nitrogens with one attached hydrogen (secondary N) is 1. The molecule has 0 aliphatic carbocycles. The number of amides is 1. The lowest BCUT2D eigenvalue weighted by Crippen LogP contribution is -2.42. The standard InChI is InChI=1S/C15H18N4O5S/c1-2-18(9-15(20)17-12-5-6-25(23,24)10-12)14-4-3-13(19(21)22)7-11(14)8-16/h3-4,7,12H,2,5-6,9-10H2,1H3,(H,17,20)/t12-/m0/s1. The highest BCUT2D eigenvalue weighted by Crippen LogP contribution is 2.24. The molecule has 1 atom stereocenters. The maximum absolute atomic E-state index is 12.2. The van der Waals surface area contributed by atoms with E-state index >= 15 is 0 Å². The highest BCUT2D eigenvalue weighted by atomic mass is 32.2. The topological polar surface area (TPSA) is 133 Å². The minimum atomic E-state index is -3.09. The Kier molecular flexibility index (Phi) is 5.58. The van der Waals surface area contributed by atoms with E-state index in [1.54, 1.807) is 11.8 Å². The molecule has 1 N–H and O–H groups in total. The zero-order chi connectivity index (χ0) is 18.6. The van der Waals surface area contributed by atoms with Crippen LogP contribution in [0.15, 0.2) is 18.2 Å². The molecule has 0 radical (unpaired) electrons. The summed E-state index contributed by atoms with van der Waals surface area (Å²) in [7, 11) is -3.09. The van der Waals surface area contributed by atoms with E-state index in [2.05, 4.69) is 5.32 Å². The van der Waals surface area contributed by atoms with Crippen molar-refractivity contribution in [1.29, 1.82) is 5.26 Å². The van der Waals surface area contributed by atoms with E-state index in [4.69, 9.17) is 0 Å². The van der Waals surface area contributed by atoms with Crippen molar-refractivity contribution in [2.75, 3.05) is 29.5 Å². The molecular weight excluding hydrogens is 348 g/mol. The number of hydrogen-bond acceptors (Lipinski definition) is 7. The molecule has 9 nitrogen and oxygen atoms in total. The second-order valence-electron chi connectivity index (χ2n) is 5.75. The van der Waals surface area contributed by atoms with Crippen LogP contribution in [0.3, 0.4) is 0 Å². The summed E-state index contributed by atoms with van der Waals surface area (Å²) in [5.74, 6) is -0.353. The second kappa shape index (κ2) is 7.48. The lowest BCUT2D eigenvalue weighted by Gasteiger charge is -2.24. The molecule has 2 rings (SSSR count). The summed E-state index contributed by atoms with van der Waals surface area (Å²) in [5, 5.41) is 22.7.